The summed E-state index contributed by atoms with van der Waals surface area (Å²) in [5, 5.41) is 11.4. The number of imidazole rings is 1. The lowest BCUT2D eigenvalue weighted by atomic mass is 10.3. The van der Waals surface area contributed by atoms with Gasteiger partial charge >= 0.3 is 6.03 Å². The second kappa shape index (κ2) is 5.81. The van der Waals surface area contributed by atoms with Crippen LogP contribution in [0.2, 0.25) is 0 Å². The number of nitrogens with zero attached hydrogens (tertiary/aromatic N) is 7. The fraction of sp³-hybridized carbons (Fsp3) is 0.0667. The zero-order valence-corrected chi connectivity index (χ0v) is 13.7. The monoisotopic (exact) mass is 350 g/mol. The van der Waals surface area contributed by atoms with Crippen molar-refractivity contribution in [1.82, 2.24) is 34.3 Å². The Labute approximate surface area is 146 Å². The first-order valence-electron chi connectivity index (χ1n) is 7.59. The molecule has 0 radical (unpaired) electrons. The number of aromatic nitrogens is 7. The first-order chi connectivity index (χ1) is 12.5. The number of amides is 1. The molecule has 11 heteroatoms. The quantitative estimate of drug-likeness (QED) is 0.493. The number of nitrogen functional groups attached to an aromatic ring is 1. The molecule has 0 unspecified atom stereocenters. The molecule has 0 aliphatic rings. The highest BCUT2D eigenvalue weighted by Crippen LogP contribution is 2.29. The van der Waals surface area contributed by atoms with E-state index in [1.54, 1.807) is 41.9 Å². The number of primary amides is 1. The van der Waals surface area contributed by atoms with Gasteiger partial charge in [0.2, 0.25) is 0 Å². The maximum Gasteiger partial charge on any atom is 0.339 e. The summed E-state index contributed by atoms with van der Waals surface area (Å²) in [6.07, 6.45) is 3.09. The van der Waals surface area contributed by atoms with Crippen LogP contribution in [0.4, 0.5) is 22.2 Å². The van der Waals surface area contributed by atoms with Crippen LogP contribution in [0.1, 0.15) is 5.82 Å². The number of carbonyl (C=O) groups excluding carboxylic acids is 1. The van der Waals surface area contributed by atoms with Gasteiger partial charge in [0.05, 0.1) is 5.69 Å². The first-order valence-corrected chi connectivity index (χ1v) is 7.59. The molecule has 11 nitrogen and oxygen atoms in total. The predicted molar refractivity (Wildman–Crippen MR) is 93.7 cm³/mol. The molecule has 0 bridgehead atoms. The molecule has 5 N–H and O–H groups in total. The van der Waals surface area contributed by atoms with Crippen LogP contribution in [-0.2, 0) is 0 Å². The van der Waals surface area contributed by atoms with E-state index in [0.717, 1.165) is 4.68 Å². The summed E-state index contributed by atoms with van der Waals surface area (Å²) >= 11 is 0. The number of carbonyl (C=O) groups is 1. The highest BCUT2D eigenvalue weighted by Gasteiger charge is 2.18. The SMILES string of the molecule is Cc1nc(N)cc(-c2c(Nc3ccn(C(N)=O)n3)nc3cccnn23)n1. The average molecular weight is 350 g/mol. The number of anilines is 3. The summed E-state index contributed by atoms with van der Waals surface area (Å²) < 4.78 is 2.65. The zero-order valence-electron chi connectivity index (χ0n) is 13.7. The number of hydrogen-bond donors (Lipinski definition) is 3. The molecule has 0 aromatic carbocycles. The van der Waals surface area contributed by atoms with Crippen LogP contribution in [0.25, 0.3) is 17.0 Å². The molecule has 1 amide bonds. The van der Waals surface area contributed by atoms with Gasteiger partial charge < -0.3 is 16.8 Å². The molecule has 0 aliphatic carbocycles. The van der Waals surface area contributed by atoms with E-state index in [0.29, 0.717) is 40.3 Å². The Bertz CT molecular complexity index is 1110. The van der Waals surface area contributed by atoms with Gasteiger partial charge in [-0.15, -0.1) is 5.10 Å². The number of fused-ring (bicyclic) bond motifs is 1. The van der Waals surface area contributed by atoms with E-state index in [1.807, 2.05) is 0 Å². The normalized spacial score (nSPS) is 11.0. The smallest absolute Gasteiger partial charge is 0.339 e. The molecule has 4 rings (SSSR count). The molecular weight excluding hydrogens is 336 g/mol. The second-order valence-electron chi connectivity index (χ2n) is 5.44. The van der Waals surface area contributed by atoms with Gasteiger partial charge in [-0.3, -0.25) is 0 Å². The molecule has 0 fully saturated rings. The first kappa shape index (κ1) is 15.5. The molecule has 0 saturated heterocycles. The van der Waals surface area contributed by atoms with Gasteiger partial charge in [-0.2, -0.15) is 9.78 Å². The molecule has 0 saturated carbocycles. The fourth-order valence-electron chi connectivity index (χ4n) is 2.55. The Hall–Kier alpha value is -4.02. The summed E-state index contributed by atoms with van der Waals surface area (Å²) in [6, 6.07) is 6.14. The maximum atomic E-state index is 11.2. The summed E-state index contributed by atoms with van der Waals surface area (Å²) in [5.74, 6) is 1.71. The van der Waals surface area contributed by atoms with E-state index in [1.165, 1.54) is 6.20 Å². The van der Waals surface area contributed by atoms with Crippen molar-refractivity contribution in [2.45, 2.75) is 6.92 Å². The highest BCUT2D eigenvalue weighted by atomic mass is 16.2. The van der Waals surface area contributed by atoms with E-state index < -0.39 is 6.03 Å². The fourth-order valence-corrected chi connectivity index (χ4v) is 2.55. The third kappa shape index (κ3) is 2.66. The summed E-state index contributed by atoms with van der Waals surface area (Å²) in [5.41, 5.74) is 12.8. The van der Waals surface area contributed by atoms with Gasteiger partial charge in [-0.25, -0.2) is 24.3 Å². The minimum absolute atomic E-state index is 0.335. The Balaban J connectivity index is 1.87. The molecule has 0 spiro atoms. The Morgan fingerprint density at radius 3 is 2.81 bits per heavy atom. The van der Waals surface area contributed by atoms with Crippen molar-refractivity contribution >= 4 is 29.1 Å². The van der Waals surface area contributed by atoms with Crippen LogP contribution in [0.5, 0.6) is 0 Å². The van der Waals surface area contributed by atoms with Crippen molar-refractivity contribution in [1.29, 1.82) is 0 Å². The van der Waals surface area contributed by atoms with Crippen molar-refractivity contribution in [3.8, 4) is 11.4 Å². The van der Waals surface area contributed by atoms with Crippen LogP contribution >= 0.6 is 0 Å². The number of aryl methyl sites for hydroxylation is 1. The minimum Gasteiger partial charge on any atom is -0.384 e. The number of rotatable bonds is 3. The van der Waals surface area contributed by atoms with Gasteiger partial charge in [0.15, 0.2) is 17.3 Å². The van der Waals surface area contributed by atoms with Gasteiger partial charge in [0, 0.05) is 24.5 Å². The van der Waals surface area contributed by atoms with Gasteiger partial charge in [-0.05, 0) is 19.1 Å². The van der Waals surface area contributed by atoms with Gasteiger partial charge in [0.25, 0.3) is 0 Å². The van der Waals surface area contributed by atoms with Crippen LogP contribution in [0, 0.1) is 6.92 Å². The van der Waals surface area contributed by atoms with E-state index in [-0.39, 0.29) is 0 Å². The van der Waals surface area contributed by atoms with Crippen molar-refractivity contribution in [3.63, 3.8) is 0 Å². The molecule has 0 aliphatic heterocycles. The van der Waals surface area contributed by atoms with Gasteiger partial charge in [-0.1, -0.05) is 0 Å². The predicted octanol–water partition coefficient (Wildman–Crippen LogP) is 0.944. The Morgan fingerprint density at radius 1 is 1.23 bits per heavy atom. The average Bonchev–Trinajstić information content (AvgIpc) is 3.18. The van der Waals surface area contributed by atoms with Crippen LogP contribution < -0.4 is 16.8 Å². The van der Waals surface area contributed by atoms with E-state index in [2.05, 4.69) is 30.5 Å². The van der Waals surface area contributed by atoms with Crippen LogP contribution in [0.15, 0.2) is 36.7 Å². The van der Waals surface area contributed by atoms with Crippen molar-refractivity contribution < 1.29 is 4.79 Å². The zero-order chi connectivity index (χ0) is 18.3. The topological polar surface area (TPSA) is 155 Å². The third-order valence-electron chi connectivity index (χ3n) is 3.55. The maximum absolute atomic E-state index is 11.2. The molecular formula is C15H14N10O. The molecule has 4 heterocycles. The summed E-state index contributed by atoms with van der Waals surface area (Å²) in [7, 11) is 0. The summed E-state index contributed by atoms with van der Waals surface area (Å²) in [6.45, 7) is 1.75. The number of hydrogen-bond acceptors (Lipinski definition) is 8. The van der Waals surface area contributed by atoms with E-state index in [4.69, 9.17) is 11.5 Å². The summed E-state index contributed by atoms with van der Waals surface area (Å²) in [4.78, 5) is 24.2. The highest BCUT2D eigenvalue weighted by molar-refractivity contribution is 5.78. The van der Waals surface area contributed by atoms with E-state index in [9.17, 15) is 4.79 Å². The molecule has 26 heavy (non-hydrogen) atoms. The number of nitrogens with one attached hydrogen (secondary N) is 1. The van der Waals surface area contributed by atoms with Crippen LogP contribution in [-0.4, -0.2) is 40.4 Å². The van der Waals surface area contributed by atoms with Crippen molar-refractivity contribution in [2.24, 2.45) is 5.73 Å². The van der Waals surface area contributed by atoms with Crippen molar-refractivity contribution in [2.75, 3.05) is 11.1 Å². The lowest BCUT2D eigenvalue weighted by Gasteiger charge is -2.06. The molecule has 0 atom stereocenters. The molecule has 4 aromatic heterocycles. The second-order valence-corrected chi connectivity index (χ2v) is 5.44. The lowest BCUT2D eigenvalue weighted by molar-refractivity contribution is 0.248. The number of nitrogens with two attached hydrogens (primary N) is 2. The van der Waals surface area contributed by atoms with Crippen molar-refractivity contribution in [3.05, 3.63) is 42.5 Å². The molecule has 130 valence electrons. The Kier molecular flexibility index (Phi) is 3.46. The third-order valence-corrected chi connectivity index (χ3v) is 3.55. The molecule has 4 aromatic rings. The standard InChI is InChI=1S/C15H14N10O/c1-8-19-9(7-10(16)20-8)13-14(22-12-3-2-5-18-25(12)13)21-11-4-6-24(23-11)15(17)26/h2-7H,1H3,(H2,17,26)(H,21,23)(H2,16,19,20). The Morgan fingerprint density at radius 2 is 2.08 bits per heavy atom. The van der Waals surface area contributed by atoms with E-state index >= 15 is 0 Å². The minimum atomic E-state index is -0.686. The lowest BCUT2D eigenvalue weighted by Crippen LogP contribution is -2.19. The van der Waals surface area contributed by atoms with Crippen LogP contribution in [0.3, 0.4) is 0 Å². The van der Waals surface area contributed by atoms with Gasteiger partial charge in [0.1, 0.15) is 17.3 Å². The largest absolute Gasteiger partial charge is 0.384 e.